The first kappa shape index (κ1) is 22.0. The number of carbonyl (C=O) groups is 1. The van der Waals surface area contributed by atoms with Crippen LogP contribution in [0.25, 0.3) is 33.5 Å². The minimum atomic E-state index is -0.751. The highest BCUT2D eigenvalue weighted by atomic mass is 16.5. The lowest BCUT2D eigenvalue weighted by atomic mass is 9.86. The summed E-state index contributed by atoms with van der Waals surface area (Å²) < 4.78 is 11.4. The van der Waals surface area contributed by atoms with Crippen LogP contribution in [0.3, 0.4) is 0 Å². The maximum absolute atomic E-state index is 13.7. The monoisotopic (exact) mass is 477 g/mol. The van der Waals surface area contributed by atoms with Crippen molar-refractivity contribution >= 4 is 39.4 Å². The number of furan rings is 1. The second-order valence-corrected chi connectivity index (χ2v) is 8.89. The maximum atomic E-state index is 13.7. The van der Waals surface area contributed by atoms with Crippen LogP contribution in [0, 0.1) is 0 Å². The molecule has 0 fully saturated rings. The van der Waals surface area contributed by atoms with Crippen molar-refractivity contribution in [2.45, 2.75) is 32.3 Å². The molecule has 0 amide bonds. The number of carbonyl (C=O) groups excluding carboxylic acids is 1. The third-order valence-corrected chi connectivity index (χ3v) is 6.53. The summed E-state index contributed by atoms with van der Waals surface area (Å²) in [5.41, 5.74) is 4.22. The Hall–Kier alpha value is -4.52. The highest BCUT2D eigenvalue weighted by molar-refractivity contribution is 6.06. The van der Waals surface area contributed by atoms with Crippen LogP contribution in [0.15, 0.2) is 76.1 Å². The van der Waals surface area contributed by atoms with Gasteiger partial charge in [-0.3, -0.25) is 4.79 Å². The second-order valence-electron chi connectivity index (χ2n) is 8.89. The summed E-state index contributed by atoms with van der Waals surface area (Å²) in [6.45, 7) is 1.71. The molecule has 3 heterocycles. The smallest absolute Gasteiger partial charge is 0.339 e. The number of H-pyrrole nitrogens is 1. The van der Waals surface area contributed by atoms with E-state index in [0.717, 1.165) is 46.3 Å². The minimum absolute atomic E-state index is 0.266. The first-order valence-corrected chi connectivity index (χ1v) is 11.9. The van der Waals surface area contributed by atoms with E-state index in [1.165, 1.54) is 0 Å². The molecule has 3 aromatic heterocycles. The molecule has 0 saturated heterocycles. The number of rotatable bonds is 4. The Bertz CT molecular complexity index is 1700. The van der Waals surface area contributed by atoms with Gasteiger partial charge in [0.25, 0.3) is 5.56 Å². The lowest BCUT2D eigenvalue weighted by Crippen LogP contribution is -2.19. The number of ether oxygens (including phenoxy) is 1. The van der Waals surface area contributed by atoms with Crippen LogP contribution >= 0.6 is 0 Å². The average Bonchev–Trinajstić information content (AvgIpc) is 3.40. The van der Waals surface area contributed by atoms with Gasteiger partial charge in [-0.2, -0.15) is 0 Å². The van der Waals surface area contributed by atoms with Crippen molar-refractivity contribution in [3.05, 3.63) is 106 Å². The molecule has 7 heteroatoms. The van der Waals surface area contributed by atoms with Gasteiger partial charge in [-0.05, 0) is 73.7 Å². The molecule has 0 radical (unpaired) electrons. The molecule has 1 unspecified atom stereocenters. The summed E-state index contributed by atoms with van der Waals surface area (Å²) in [7, 11) is 0. The summed E-state index contributed by atoms with van der Waals surface area (Å²) in [4.78, 5) is 38.4. The van der Waals surface area contributed by atoms with Gasteiger partial charge in [0.15, 0.2) is 11.9 Å². The number of aromatic nitrogens is 3. The van der Waals surface area contributed by atoms with E-state index in [9.17, 15) is 9.59 Å². The molecule has 0 aliphatic heterocycles. The van der Waals surface area contributed by atoms with Crippen molar-refractivity contribution in [2.24, 2.45) is 0 Å². The largest absolute Gasteiger partial charge is 0.465 e. The van der Waals surface area contributed by atoms with Crippen molar-refractivity contribution in [1.29, 1.82) is 0 Å². The Kier molecular flexibility index (Phi) is 5.45. The number of nitrogens with one attached hydrogen (secondary N) is 1. The highest BCUT2D eigenvalue weighted by Crippen LogP contribution is 2.37. The summed E-state index contributed by atoms with van der Waals surface area (Å²) in [5.74, 6) is 0.585. The summed E-state index contributed by atoms with van der Waals surface area (Å²) in [5, 5.41) is 1.23. The van der Waals surface area contributed by atoms with Gasteiger partial charge in [0.1, 0.15) is 5.76 Å². The maximum Gasteiger partial charge on any atom is 0.339 e. The van der Waals surface area contributed by atoms with E-state index in [2.05, 4.69) is 9.97 Å². The van der Waals surface area contributed by atoms with Gasteiger partial charge < -0.3 is 14.1 Å². The SMILES string of the molecule is CC(OC(=O)c1c2c(nc3ccccc13)/C(=C/c1ccco1)CCC2)c1nc2ccccc2c(=O)[nH]1. The zero-order chi connectivity index (χ0) is 24.6. The van der Waals surface area contributed by atoms with E-state index < -0.39 is 12.1 Å². The predicted octanol–water partition coefficient (Wildman–Crippen LogP) is 5.86. The number of hydrogen-bond acceptors (Lipinski definition) is 6. The first-order chi connectivity index (χ1) is 17.6. The van der Waals surface area contributed by atoms with Gasteiger partial charge in [-0.1, -0.05) is 30.3 Å². The summed E-state index contributed by atoms with van der Waals surface area (Å²) in [6, 6.07) is 18.4. The van der Waals surface area contributed by atoms with E-state index >= 15 is 0 Å². The van der Waals surface area contributed by atoms with Crippen molar-refractivity contribution in [2.75, 3.05) is 0 Å². The molecule has 1 aliphatic carbocycles. The number of aromatic amines is 1. The number of fused-ring (bicyclic) bond motifs is 3. The Morgan fingerprint density at radius 2 is 1.75 bits per heavy atom. The molecule has 1 N–H and O–H groups in total. The molecule has 178 valence electrons. The quantitative estimate of drug-likeness (QED) is 0.326. The molecule has 7 nitrogen and oxygen atoms in total. The Balaban J connectivity index is 1.43. The third kappa shape index (κ3) is 3.88. The number of nitrogens with zero attached hydrogens (tertiary/aromatic N) is 2. The van der Waals surface area contributed by atoms with E-state index in [1.807, 2.05) is 48.5 Å². The van der Waals surface area contributed by atoms with E-state index in [4.69, 9.17) is 14.1 Å². The fourth-order valence-electron chi connectivity index (χ4n) is 4.83. The summed E-state index contributed by atoms with van der Waals surface area (Å²) >= 11 is 0. The number of benzene rings is 2. The fourth-order valence-corrected chi connectivity index (χ4v) is 4.83. The molecule has 5 aromatic rings. The van der Waals surface area contributed by atoms with Gasteiger partial charge in [0.2, 0.25) is 0 Å². The van der Waals surface area contributed by atoms with Crippen molar-refractivity contribution in [3.8, 4) is 0 Å². The molecule has 0 saturated carbocycles. The number of allylic oxidation sites excluding steroid dienone is 1. The van der Waals surface area contributed by atoms with Gasteiger partial charge in [0, 0.05) is 5.39 Å². The Morgan fingerprint density at radius 3 is 2.53 bits per heavy atom. The number of para-hydroxylation sites is 2. The predicted molar refractivity (Wildman–Crippen MR) is 137 cm³/mol. The number of hydrogen-bond donors (Lipinski definition) is 1. The van der Waals surface area contributed by atoms with Crippen LogP contribution in [0.4, 0.5) is 0 Å². The standard InChI is InChI=1S/C29H23N3O4/c1-17(27-31-24-14-5-3-11-21(24)28(33)32-27)36-29(34)25-20-10-2-4-13-23(20)30-26-18(8-6-12-22(25)26)16-19-9-7-15-35-19/h2-5,7,9-11,13-17H,6,8,12H2,1H3,(H,31,32,33)/b18-16+. The van der Waals surface area contributed by atoms with Crippen LogP contribution in [-0.4, -0.2) is 20.9 Å². The van der Waals surface area contributed by atoms with Crippen LogP contribution < -0.4 is 5.56 Å². The van der Waals surface area contributed by atoms with E-state index in [1.54, 1.807) is 31.4 Å². The number of esters is 1. The molecule has 1 aliphatic rings. The lowest BCUT2D eigenvalue weighted by molar-refractivity contribution is 0.0321. The van der Waals surface area contributed by atoms with Crippen LogP contribution in [0.5, 0.6) is 0 Å². The fraction of sp³-hybridized carbons (Fsp3) is 0.172. The van der Waals surface area contributed by atoms with E-state index in [0.29, 0.717) is 28.7 Å². The van der Waals surface area contributed by atoms with Crippen molar-refractivity contribution in [3.63, 3.8) is 0 Å². The Labute approximate surface area is 206 Å². The molecular formula is C29H23N3O4. The normalized spacial score (nSPS) is 15.2. The topological polar surface area (TPSA) is 98.1 Å². The Morgan fingerprint density at radius 1 is 1.00 bits per heavy atom. The molecule has 2 aromatic carbocycles. The molecule has 36 heavy (non-hydrogen) atoms. The number of pyridine rings is 1. The third-order valence-electron chi connectivity index (χ3n) is 6.53. The zero-order valence-electron chi connectivity index (χ0n) is 19.7. The second kappa shape index (κ2) is 8.92. The molecule has 1 atom stereocenters. The minimum Gasteiger partial charge on any atom is -0.465 e. The van der Waals surface area contributed by atoms with E-state index in [-0.39, 0.29) is 5.56 Å². The van der Waals surface area contributed by atoms with Gasteiger partial charge in [0.05, 0.1) is 33.9 Å². The zero-order valence-corrected chi connectivity index (χ0v) is 19.7. The average molecular weight is 478 g/mol. The summed E-state index contributed by atoms with van der Waals surface area (Å²) in [6.07, 6.45) is 5.31. The highest BCUT2D eigenvalue weighted by Gasteiger charge is 2.27. The van der Waals surface area contributed by atoms with Crippen LogP contribution in [0.2, 0.25) is 0 Å². The van der Waals surface area contributed by atoms with Crippen molar-refractivity contribution < 1.29 is 13.9 Å². The molecule has 0 spiro atoms. The van der Waals surface area contributed by atoms with Crippen LogP contribution in [0.1, 0.15) is 59.1 Å². The van der Waals surface area contributed by atoms with Crippen LogP contribution in [-0.2, 0) is 11.2 Å². The van der Waals surface area contributed by atoms with Gasteiger partial charge in [-0.15, -0.1) is 0 Å². The molecule has 0 bridgehead atoms. The molecule has 6 rings (SSSR count). The van der Waals surface area contributed by atoms with Gasteiger partial charge >= 0.3 is 5.97 Å². The lowest BCUT2D eigenvalue weighted by Gasteiger charge is -2.23. The van der Waals surface area contributed by atoms with Crippen molar-refractivity contribution in [1.82, 2.24) is 15.0 Å². The first-order valence-electron chi connectivity index (χ1n) is 11.9. The van der Waals surface area contributed by atoms with Gasteiger partial charge in [-0.25, -0.2) is 14.8 Å². The molecular weight excluding hydrogens is 454 g/mol.